The number of piperazine rings is 1. The third kappa shape index (κ3) is 3.42. The second kappa shape index (κ2) is 6.68. The van der Waals surface area contributed by atoms with E-state index in [1.54, 1.807) is 24.3 Å². The van der Waals surface area contributed by atoms with Crippen molar-refractivity contribution < 1.29 is 13.6 Å². The molecule has 0 spiro atoms. The van der Waals surface area contributed by atoms with Crippen molar-refractivity contribution in [3.05, 3.63) is 65.2 Å². The maximum absolute atomic E-state index is 14.5. The van der Waals surface area contributed by atoms with Gasteiger partial charge in [-0.2, -0.15) is 0 Å². The predicted octanol–water partition coefficient (Wildman–Crippen LogP) is 2.96. The van der Waals surface area contributed by atoms with Crippen LogP contribution in [0, 0.1) is 0 Å². The lowest BCUT2D eigenvalue weighted by atomic mass is 10.1. The van der Waals surface area contributed by atoms with Crippen molar-refractivity contribution >= 4 is 11.6 Å². The number of amides is 1. The fraction of sp³-hybridized carbons (Fsp3) is 0.350. The van der Waals surface area contributed by atoms with E-state index in [0.717, 1.165) is 12.1 Å². The Bertz CT molecular complexity index is 824. The van der Waals surface area contributed by atoms with Gasteiger partial charge in [0.2, 0.25) is 5.91 Å². The first-order valence-electron chi connectivity index (χ1n) is 8.81. The summed E-state index contributed by atoms with van der Waals surface area (Å²) in [4.78, 5) is 13.6. The van der Waals surface area contributed by atoms with Crippen LogP contribution in [0.4, 0.5) is 14.5 Å². The van der Waals surface area contributed by atoms with Crippen LogP contribution in [-0.4, -0.2) is 36.4 Å². The molecular weight excluding hydrogens is 336 g/mol. The van der Waals surface area contributed by atoms with Gasteiger partial charge in [0.25, 0.3) is 5.92 Å². The maximum atomic E-state index is 14.5. The Balaban J connectivity index is 1.51. The van der Waals surface area contributed by atoms with Crippen LogP contribution in [0.3, 0.4) is 0 Å². The number of hydrogen-bond acceptors (Lipinski definition) is 3. The summed E-state index contributed by atoms with van der Waals surface area (Å²) in [5, 5.41) is 5.83. The van der Waals surface area contributed by atoms with Gasteiger partial charge in [0, 0.05) is 31.7 Å². The number of benzene rings is 2. The van der Waals surface area contributed by atoms with Crippen LogP contribution in [0.2, 0.25) is 0 Å². The lowest BCUT2D eigenvalue weighted by Gasteiger charge is -2.27. The molecule has 4 rings (SSSR count). The van der Waals surface area contributed by atoms with Crippen molar-refractivity contribution in [3.8, 4) is 0 Å². The SMILES string of the molecule is O=C1CN(Cc2cccc(NC3c4ccccc4CC3(F)F)c2)CCN1. The van der Waals surface area contributed by atoms with Gasteiger partial charge in [-0.1, -0.05) is 36.4 Å². The molecule has 1 amide bonds. The molecule has 136 valence electrons. The normalized spacial score (nSPS) is 21.9. The zero-order valence-electron chi connectivity index (χ0n) is 14.3. The van der Waals surface area contributed by atoms with Crippen LogP contribution in [0.25, 0.3) is 0 Å². The highest BCUT2D eigenvalue weighted by molar-refractivity contribution is 5.78. The quantitative estimate of drug-likeness (QED) is 0.884. The van der Waals surface area contributed by atoms with Crippen LogP contribution in [0.15, 0.2) is 48.5 Å². The highest BCUT2D eigenvalue weighted by Crippen LogP contribution is 2.44. The molecular formula is C20H21F2N3O. The molecule has 26 heavy (non-hydrogen) atoms. The van der Waals surface area contributed by atoms with Gasteiger partial charge in [-0.3, -0.25) is 9.69 Å². The largest absolute Gasteiger partial charge is 0.373 e. The molecule has 0 radical (unpaired) electrons. The Morgan fingerprint density at radius 2 is 2.04 bits per heavy atom. The van der Waals surface area contributed by atoms with E-state index in [-0.39, 0.29) is 12.3 Å². The number of carbonyl (C=O) groups excluding carboxylic acids is 1. The summed E-state index contributed by atoms with van der Waals surface area (Å²) in [5.74, 6) is -2.79. The van der Waals surface area contributed by atoms with Gasteiger partial charge in [0.05, 0.1) is 6.54 Å². The number of hydrogen-bond donors (Lipinski definition) is 2. The molecule has 1 aliphatic heterocycles. The monoisotopic (exact) mass is 357 g/mol. The van der Waals surface area contributed by atoms with E-state index in [9.17, 15) is 13.6 Å². The molecule has 2 aromatic carbocycles. The standard InChI is InChI=1S/C20H21F2N3O/c21-20(22)11-15-5-1-2-7-17(15)19(20)24-16-6-3-4-14(10-16)12-25-9-8-23-18(26)13-25/h1-7,10,19,24H,8-9,11-13H2,(H,23,26). The van der Waals surface area contributed by atoms with Gasteiger partial charge in [-0.25, -0.2) is 8.78 Å². The Labute approximate surface area is 151 Å². The fourth-order valence-corrected chi connectivity index (χ4v) is 3.75. The van der Waals surface area contributed by atoms with Crippen LogP contribution < -0.4 is 10.6 Å². The molecule has 6 heteroatoms. The average molecular weight is 357 g/mol. The summed E-state index contributed by atoms with van der Waals surface area (Å²) in [6, 6.07) is 13.6. The Kier molecular flexibility index (Phi) is 4.36. The molecule has 2 aliphatic rings. The van der Waals surface area contributed by atoms with E-state index >= 15 is 0 Å². The maximum Gasteiger partial charge on any atom is 0.275 e. The van der Waals surface area contributed by atoms with Crippen molar-refractivity contribution in [2.75, 3.05) is 25.0 Å². The molecule has 4 nitrogen and oxygen atoms in total. The van der Waals surface area contributed by atoms with Gasteiger partial charge in [0.1, 0.15) is 6.04 Å². The van der Waals surface area contributed by atoms with E-state index in [0.29, 0.717) is 36.4 Å². The molecule has 1 fully saturated rings. The number of anilines is 1. The summed E-state index contributed by atoms with van der Waals surface area (Å²) >= 11 is 0. The van der Waals surface area contributed by atoms with E-state index < -0.39 is 12.0 Å². The van der Waals surface area contributed by atoms with Crippen molar-refractivity contribution in [1.82, 2.24) is 10.2 Å². The van der Waals surface area contributed by atoms with E-state index in [2.05, 4.69) is 15.5 Å². The van der Waals surface area contributed by atoms with Crippen LogP contribution in [0.5, 0.6) is 0 Å². The lowest BCUT2D eigenvalue weighted by molar-refractivity contribution is -0.124. The van der Waals surface area contributed by atoms with Gasteiger partial charge in [-0.15, -0.1) is 0 Å². The predicted molar refractivity (Wildman–Crippen MR) is 96.2 cm³/mol. The summed E-state index contributed by atoms with van der Waals surface area (Å²) in [6.07, 6.45) is -0.233. The number of carbonyl (C=O) groups is 1. The summed E-state index contributed by atoms with van der Waals surface area (Å²) in [7, 11) is 0. The molecule has 1 saturated heterocycles. The van der Waals surface area contributed by atoms with Crippen LogP contribution >= 0.6 is 0 Å². The first-order chi connectivity index (χ1) is 12.5. The molecule has 1 aliphatic carbocycles. The number of alkyl halides is 2. The van der Waals surface area contributed by atoms with Gasteiger partial charge >= 0.3 is 0 Å². The average Bonchev–Trinajstić information content (AvgIpc) is 2.85. The molecule has 2 N–H and O–H groups in total. The summed E-state index contributed by atoms with van der Waals surface area (Å²) < 4.78 is 29.0. The van der Waals surface area contributed by atoms with E-state index in [1.807, 2.05) is 24.3 Å². The number of rotatable bonds is 4. The number of nitrogens with zero attached hydrogens (tertiary/aromatic N) is 1. The smallest absolute Gasteiger partial charge is 0.275 e. The minimum absolute atomic E-state index is 0.0211. The van der Waals surface area contributed by atoms with Gasteiger partial charge in [0.15, 0.2) is 0 Å². The zero-order chi connectivity index (χ0) is 18.1. The Hall–Kier alpha value is -2.47. The summed E-state index contributed by atoms with van der Waals surface area (Å²) in [5.41, 5.74) is 3.03. The van der Waals surface area contributed by atoms with E-state index in [4.69, 9.17) is 0 Å². The van der Waals surface area contributed by atoms with Crippen molar-refractivity contribution in [2.45, 2.75) is 24.9 Å². The topological polar surface area (TPSA) is 44.4 Å². The third-order valence-electron chi connectivity index (χ3n) is 4.98. The van der Waals surface area contributed by atoms with Gasteiger partial charge in [-0.05, 0) is 28.8 Å². The molecule has 2 aromatic rings. The molecule has 1 unspecified atom stereocenters. The van der Waals surface area contributed by atoms with Crippen molar-refractivity contribution in [2.24, 2.45) is 0 Å². The highest BCUT2D eigenvalue weighted by Gasteiger charge is 2.47. The third-order valence-corrected chi connectivity index (χ3v) is 4.98. The Morgan fingerprint density at radius 1 is 1.19 bits per heavy atom. The van der Waals surface area contributed by atoms with Crippen LogP contribution in [0.1, 0.15) is 22.7 Å². The molecule has 0 aromatic heterocycles. The lowest BCUT2D eigenvalue weighted by Crippen LogP contribution is -2.47. The minimum Gasteiger partial charge on any atom is -0.373 e. The second-order valence-electron chi connectivity index (χ2n) is 6.97. The molecule has 0 saturated carbocycles. The summed E-state index contributed by atoms with van der Waals surface area (Å²) in [6.45, 7) is 2.42. The van der Waals surface area contributed by atoms with Crippen molar-refractivity contribution in [3.63, 3.8) is 0 Å². The number of halogens is 2. The fourth-order valence-electron chi connectivity index (χ4n) is 3.75. The molecule has 1 heterocycles. The van der Waals surface area contributed by atoms with Crippen molar-refractivity contribution in [1.29, 1.82) is 0 Å². The number of fused-ring (bicyclic) bond motifs is 1. The first-order valence-corrected chi connectivity index (χ1v) is 8.81. The Morgan fingerprint density at radius 3 is 2.88 bits per heavy atom. The second-order valence-corrected chi connectivity index (χ2v) is 6.97. The van der Waals surface area contributed by atoms with Gasteiger partial charge < -0.3 is 10.6 Å². The van der Waals surface area contributed by atoms with E-state index in [1.165, 1.54) is 0 Å². The zero-order valence-corrected chi connectivity index (χ0v) is 14.3. The molecule has 1 atom stereocenters. The molecule has 0 bridgehead atoms. The minimum atomic E-state index is -2.81. The first kappa shape index (κ1) is 17.0. The highest BCUT2D eigenvalue weighted by atomic mass is 19.3. The van der Waals surface area contributed by atoms with Crippen LogP contribution in [-0.2, 0) is 17.8 Å². The number of nitrogens with one attached hydrogen (secondary N) is 2.